The van der Waals surface area contributed by atoms with Gasteiger partial charge in [0, 0.05) is 18.2 Å². The van der Waals surface area contributed by atoms with Crippen molar-refractivity contribution in [2.24, 2.45) is 5.92 Å². The second-order valence-electron chi connectivity index (χ2n) is 11.6. The first-order valence-corrected chi connectivity index (χ1v) is 14.2. The summed E-state index contributed by atoms with van der Waals surface area (Å²) >= 11 is 0. The Kier molecular flexibility index (Phi) is 6.86. The van der Waals surface area contributed by atoms with Gasteiger partial charge in [-0.05, 0) is 87.6 Å². The maximum absolute atomic E-state index is 13.7. The van der Waals surface area contributed by atoms with Gasteiger partial charge in [0.1, 0.15) is 18.7 Å². The largest absolute Gasteiger partial charge is 0.368 e. The van der Waals surface area contributed by atoms with Crippen LogP contribution in [-0.4, -0.2) is 77.9 Å². The number of fused-ring (bicyclic) bond motifs is 1. The highest BCUT2D eigenvalue weighted by Crippen LogP contribution is 2.35. The van der Waals surface area contributed by atoms with Gasteiger partial charge in [-0.15, -0.1) is 0 Å². The van der Waals surface area contributed by atoms with E-state index in [1.54, 1.807) is 4.90 Å². The Morgan fingerprint density at radius 3 is 2.31 bits per heavy atom. The summed E-state index contributed by atoms with van der Waals surface area (Å²) in [4.78, 5) is 43.8. The number of nitrogens with zero attached hydrogens (tertiary/aromatic N) is 2. The number of carbonyl (C=O) groups excluding carboxylic acids is 3. The van der Waals surface area contributed by atoms with E-state index in [1.807, 2.05) is 12.1 Å². The number of nitrogens with one attached hydrogen (secondary N) is 1. The van der Waals surface area contributed by atoms with Crippen LogP contribution in [-0.2, 0) is 14.3 Å². The molecule has 0 aromatic heterocycles. The van der Waals surface area contributed by atoms with Crippen molar-refractivity contribution in [3.63, 3.8) is 0 Å². The monoisotopic (exact) mass is 493 g/mol. The van der Waals surface area contributed by atoms with Gasteiger partial charge in [-0.2, -0.15) is 0 Å². The van der Waals surface area contributed by atoms with E-state index in [0.29, 0.717) is 24.4 Å². The molecule has 2 aliphatic carbocycles. The summed E-state index contributed by atoms with van der Waals surface area (Å²) in [5, 5.41) is 3.11. The fraction of sp³-hybridized carbons (Fsp3) is 0.690. The third-order valence-electron chi connectivity index (χ3n) is 9.31. The van der Waals surface area contributed by atoms with Crippen molar-refractivity contribution in [3.8, 4) is 0 Å². The Balaban J connectivity index is 1.13. The number of ketones is 1. The van der Waals surface area contributed by atoms with Crippen LogP contribution in [0.25, 0.3) is 0 Å². The van der Waals surface area contributed by atoms with Crippen LogP contribution >= 0.6 is 0 Å². The van der Waals surface area contributed by atoms with Crippen LogP contribution in [0.2, 0.25) is 0 Å². The maximum Gasteiger partial charge on any atom is 0.251 e. The Morgan fingerprint density at radius 1 is 0.889 bits per heavy atom. The van der Waals surface area contributed by atoms with Crippen LogP contribution in [0.4, 0.5) is 0 Å². The van der Waals surface area contributed by atoms with Crippen molar-refractivity contribution in [1.29, 1.82) is 0 Å². The van der Waals surface area contributed by atoms with Crippen LogP contribution in [0.5, 0.6) is 0 Å². The van der Waals surface area contributed by atoms with Crippen LogP contribution in [0.1, 0.15) is 86.0 Å². The van der Waals surface area contributed by atoms with E-state index < -0.39 is 12.1 Å². The summed E-state index contributed by atoms with van der Waals surface area (Å²) in [6.45, 7) is 2.96. The van der Waals surface area contributed by atoms with Crippen molar-refractivity contribution < 1.29 is 19.1 Å². The third kappa shape index (κ3) is 4.84. The van der Waals surface area contributed by atoms with Gasteiger partial charge in [-0.25, -0.2) is 0 Å². The number of benzene rings is 1. The summed E-state index contributed by atoms with van der Waals surface area (Å²) in [6, 6.07) is 7.80. The minimum absolute atomic E-state index is 0.0156. The topological polar surface area (TPSA) is 79.0 Å². The second-order valence-corrected chi connectivity index (χ2v) is 11.6. The quantitative estimate of drug-likeness (QED) is 0.658. The van der Waals surface area contributed by atoms with Crippen LogP contribution < -0.4 is 5.32 Å². The lowest BCUT2D eigenvalue weighted by molar-refractivity contribution is -0.139. The molecule has 7 heteroatoms. The number of hydrogen-bond acceptors (Lipinski definition) is 5. The Bertz CT molecular complexity index is 977. The fourth-order valence-corrected chi connectivity index (χ4v) is 7.04. The van der Waals surface area contributed by atoms with E-state index in [9.17, 15) is 14.4 Å². The Labute approximate surface area is 213 Å². The standard InChI is InChI=1S/C29H39N3O4/c33-24-18-36-25-14-17-32(27(24)25)29(35)26(21-4-2-1-3-5-21)30-28(34)22-8-6-19(7-9-22)20-12-15-31(16-13-20)23-10-11-23/h6-9,20-21,23,25-27H,1-5,10-18H2,(H,30,34)/t25-,26+,27-/m1/s1. The molecule has 6 rings (SSSR count). The van der Waals surface area contributed by atoms with Gasteiger partial charge in [0.25, 0.3) is 5.91 Å². The molecule has 3 saturated heterocycles. The molecule has 0 unspecified atom stereocenters. The average Bonchev–Trinajstić information content (AvgIpc) is 3.59. The van der Waals surface area contributed by atoms with Crippen molar-refractivity contribution in [2.45, 2.75) is 94.4 Å². The summed E-state index contributed by atoms with van der Waals surface area (Å²) in [6.07, 6.45) is 10.8. The number of amides is 2. The molecule has 5 fully saturated rings. The number of ether oxygens (including phenoxy) is 1. The Morgan fingerprint density at radius 2 is 1.61 bits per heavy atom. The second kappa shape index (κ2) is 10.3. The van der Waals surface area contributed by atoms with Gasteiger partial charge >= 0.3 is 0 Å². The molecule has 1 aromatic carbocycles. The van der Waals surface area contributed by atoms with E-state index in [-0.39, 0.29) is 36.2 Å². The molecule has 194 valence electrons. The van der Waals surface area contributed by atoms with Crippen LogP contribution in [0.3, 0.4) is 0 Å². The lowest BCUT2D eigenvalue weighted by atomic mass is 9.83. The van der Waals surface area contributed by atoms with Gasteiger partial charge in [-0.1, -0.05) is 31.4 Å². The lowest BCUT2D eigenvalue weighted by Crippen LogP contribution is -2.55. The highest BCUT2D eigenvalue weighted by Gasteiger charge is 2.49. The molecule has 0 radical (unpaired) electrons. The van der Waals surface area contributed by atoms with Gasteiger partial charge in [0.05, 0.1) is 6.10 Å². The zero-order valence-corrected chi connectivity index (χ0v) is 21.2. The predicted octanol–water partition coefficient (Wildman–Crippen LogP) is 3.28. The summed E-state index contributed by atoms with van der Waals surface area (Å²) in [5.41, 5.74) is 1.91. The number of rotatable bonds is 6. The smallest absolute Gasteiger partial charge is 0.251 e. The first-order valence-electron chi connectivity index (χ1n) is 14.2. The molecule has 1 aromatic rings. The van der Waals surface area contributed by atoms with Gasteiger partial charge in [0.2, 0.25) is 5.91 Å². The van der Waals surface area contributed by atoms with Crippen molar-refractivity contribution in [2.75, 3.05) is 26.2 Å². The molecule has 0 bridgehead atoms. The molecule has 3 heterocycles. The molecular weight excluding hydrogens is 454 g/mol. The normalized spacial score (nSPS) is 28.8. The minimum Gasteiger partial charge on any atom is -0.368 e. The molecule has 3 atom stereocenters. The highest BCUT2D eigenvalue weighted by atomic mass is 16.5. The Hall–Kier alpha value is -2.25. The number of likely N-dealkylation sites (tertiary alicyclic amines) is 2. The number of carbonyl (C=O) groups is 3. The molecule has 2 saturated carbocycles. The molecule has 0 spiro atoms. The zero-order chi connectivity index (χ0) is 24.6. The summed E-state index contributed by atoms with van der Waals surface area (Å²) in [7, 11) is 0. The summed E-state index contributed by atoms with van der Waals surface area (Å²) in [5.74, 6) is 0.350. The highest BCUT2D eigenvalue weighted by molar-refractivity contribution is 5.99. The molecule has 5 aliphatic rings. The number of hydrogen-bond donors (Lipinski definition) is 1. The van der Waals surface area contributed by atoms with E-state index >= 15 is 0 Å². The zero-order valence-electron chi connectivity index (χ0n) is 21.2. The molecule has 7 nitrogen and oxygen atoms in total. The van der Waals surface area contributed by atoms with E-state index in [0.717, 1.165) is 31.7 Å². The van der Waals surface area contributed by atoms with Crippen LogP contribution in [0, 0.1) is 5.92 Å². The van der Waals surface area contributed by atoms with Gasteiger partial charge in [0.15, 0.2) is 5.78 Å². The van der Waals surface area contributed by atoms with E-state index in [1.165, 1.54) is 50.8 Å². The van der Waals surface area contributed by atoms with Crippen molar-refractivity contribution in [1.82, 2.24) is 15.1 Å². The lowest BCUT2D eigenvalue weighted by Gasteiger charge is -2.34. The summed E-state index contributed by atoms with van der Waals surface area (Å²) < 4.78 is 5.59. The molecule has 3 aliphatic heterocycles. The first-order chi connectivity index (χ1) is 17.6. The third-order valence-corrected chi connectivity index (χ3v) is 9.31. The van der Waals surface area contributed by atoms with Gasteiger partial charge < -0.3 is 19.9 Å². The van der Waals surface area contributed by atoms with Crippen molar-refractivity contribution in [3.05, 3.63) is 35.4 Å². The first kappa shape index (κ1) is 24.1. The molecular formula is C29H39N3O4. The number of piperidine rings is 1. The van der Waals surface area contributed by atoms with Crippen LogP contribution in [0.15, 0.2) is 24.3 Å². The van der Waals surface area contributed by atoms with E-state index in [4.69, 9.17) is 4.74 Å². The number of Topliss-reactive ketones (excluding diaryl/α,β-unsaturated/α-hetero) is 1. The predicted molar refractivity (Wildman–Crippen MR) is 136 cm³/mol. The minimum atomic E-state index is -0.587. The molecule has 2 amide bonds. The maximum atomic E-state index is 13.7. The van der Waals surface area contributed by atoms with Gasteiger partial charge in [-0.3, -0.25) is 14.4 Å². The fourth-order valence-electron chi connectivity index (χ4n) is 7.04. The molecule has 1 N–H and O–H groups in total. The van der Waals surface area contributed by atoms with E-state index in [2.05, 4.69) is 22.3 Å². The van der Waals surface area contributed by atoms with Crippen molar-refractivity contribution >= 4 is 17.6 Å². The average molecular weight is 494 g/mol. The SMILES string of the molecule is O=C(N[C@H](C(=O)N1CC[C@H]2OCC(=O)[C@H]21)C1CCCCC1)c1ccc(C2CCN(C3CC3)CC2)cc1. The molecule has 36 heavy (non-hydrogen) atoms.